The summed E-state index contributed by atoms with van der Waals surface area (Å²) in [6, 6.07) is 0. The minimum Gasteiger partial charge on any atom is -0.378 e. The molecule has 0 aromatic heterocycles. The van der Waals surface area contributed by atoms with Gasteiger partial charge in [0.05, 0.1) is 0 Å². The minimum atomic E-state index is 0.737. The van der Waals surface area contributed by atoms with Gasteiger partial charge in [-0.05, 0) is 32.4 Å². The second-order valence-electron chi connectivity index (χ2n) is 3.68. The second kappa shape index (κ2) is 8.15. The monoisotopic (exact) mass is 183 g/mol. The summed E-state index contributed by atoms with van der Waals surface area (Å²) >= 11 is 0. The maximum atomic E-state index is 2.34. The third-order valence-corrected chi connectivity index (χ3v) is 2.45. The van der Waals surface area contributed by atoms with Crippen molar-refractivity contribution in [1.29, 1.82) is 0 Å². The van der Waals surface area contributed by atoms with Crippen molar-refractivity contribution in [2.45, 2.75) is 47.0 Å². The zero-order valence-electron chi connectivity index (χ0n) is 9.71. The fraction of sp³-hybridized carbons (Fsp3) is 0.833. The zero-order valence-corrected chi connectivity index (χ0v) is 9.71. The molecule has 78 valence electrons. The third-order valence-electron chi connectivity index (χ3n) is 2.45. The van der Waals surface area contributed by atoms with Crippen LogP contribution in [0.25, 0.3) is 0 Å². The lowest BCUT2D eigenvalue weighted by Gasteiger charge is -2.15. The van der Waals surface area contributed by atoms with Crippen LogP contribution in [0.2, 0.25) is 0 Å². The first-order valence-corrected chi connectivity index (χ1v) is 5.66. The molecule has 0 saturated carbocycles. The SMILES string of the molecule is CCCC[C@@H](C)C=CN(CC)CC. The van der Waals surface area contributed by atoms with Gasteiger partial charge in [0.2, 0.25) is 0 Å². The molecule has 0 radical (unpaired) electrons. The quantitative estimate of drug-likeness (QED) is 0.582. The van der Waals surface area contributed by atoms with Gasteiger partial charge in [-0.1, -0.05) is 32.8 Å². The predicted octanol–water partition coefficient (Wildman–Crippen LogP) is 3.67. The summed E-state index contributed by atoms with van der Waals surface area (Å²) in [5, 5.41) is 0. The number of hydrogen-bond donors (Lipinski definition) is 0. The molecule has 0 aliphatic carbocycles. The summed E-state index contributed by atoms with van der Waals surface area (Å²) in [5.74, 6) is 0.737. The van der Waals surface area contributed by atoms with E-state index in [2.05, 4.69) is 44.9 Å². The number of hydrogen-bond acceptors (Lipinski definition) is 1. The van der Waals surface area contributed by atoms with Crippen LogP contribution in [0, 0.1) is 5.92 Å². The number of rotatable bonds is 7. The van der Waals surface area contributed by atoms with Crippen molar-refractivity contribution in [3.8, 4) is 0 Å². The predicted molar refractivity (Wildman–Crippen MR) is 60.8 cm³/mol. The van der Waals surface area contributed by atoms with Gasteiger partial charge in [-0.2, -0.15) is 0 Å². The molecule has 0 fully saturated rings. The van der Waals surface area contributed by atoms with Crippen LogP contribution in [0.15, 0.2) is 12.3 Å². The van der Waals surface area contributed by atoms with Crippen LogP contribution in [0.5, 0.6) is 0 Å². The maximum absolute atomic E-state index is 2.34. The summed E-state index contributed by atoms with van der Waals surface area (Å²) < 4.78 is 0. The van der Waals surface area contributed by atoms with Crippen LogP contribution >= 0.6 is 0 Å². The molecule has 1 heteroatoms. The average molecular weight is 183 g/mol. The van der Waals surface area contributed by atoms with E-state index in [4.69, 9.17) is 0 Å². The van der Waals surface area contributed by atoms with E-state index < -0.39 is 0 Å². The van der Waals surface area contributed by atoms with Gasteiger partial charge >= 0.3 is 0 Å². The van der Waals surface area contributed by atoms with E-state index in [0.29, 0.717) is 0 Å². The fourth-order valence-electron chi connectivity index (χ4n) is 1.33. The lowest BCUT2D eigenvalue weighted by molar-refractivity contribution is 0.413. The Hall–Kier alpha value is -0.460. The molecule has 0 heterocycles. The van der Waals surface area contributed by atoms with E-state index in [9.17, 15) is 0 Å². The highest BCUT2D eigenvalue weighted by atomic mass is 15.1. The van der Waals surface area contributed by atoms with Gasteiger partial charge in [0, 0.05) is 13.1 Å². The molecule has 13 heavy (non-hydrogen) atoms. The van der Waals surface area contributed by atoms with E-state index in [1.807, 2.05) is 0 Å². The molecule has 0 aromatic carbocycles. The van der Waals surface area contributed by atoms with Crippen LogP contribution < -0.4 is 0 Å². The van der Waals surface area contributed by atoms with Crippen molar-refractivity contribution in [3.63, 3.8) is 0 Å². The van der Waals surface area contributed by atoms with Crippen molar-refractivity contribution in [1.82, 2.24) is 4.90 Å². The molecule has 0 aromatic rings. The Morgan fingerprint density at radius 3 is 2.23 bits per heavy atom. The number of allylic oxidation sites excluding steroid dienone is 1. The molecule has 0 bridgehead atoms. The Morgan fingerprint density at radius 1 is 1.15 bits per heavy atom. The summed E-state index contributed by atoms with van der Waals surface area (Å²) in [6.45, 7) is 11.2. The highest BCUT2D eigenvalue weighted by molar-refractivity contribution is 4.85. The minimum absolute atomic E-state index is 0.737. The molecule has 0 aliphatic rings. The van der Waals surface area contributed by atoms with Gasteiger partial charge in [-0.3, -0.25) is 0 Å². The van der Waals surface area contributed by atoms with Crippen molar-refractivity contribution >= 4 is 0 Å². The van der Waals surface area contributed by atoms with E-state index in [-0.39, 0.29) is 0 Å². The van der Waals surface area contributed by atoms with E-state index >= 15 is 0 Å². The highest BCUT2D eigenvalue weighted by Crippen LogP contribution is 2.09. The van der Waals surface area contributed by atoms with Crippen molar-refractivity contribution in [3.05, 3.63) is 12.3 Å². The van der Waals surface area contributed by atoms with Crippen LogP contribution in [0.3, 0.4) is 0 Å². The van der Waals surface area contributed by atoms with E-state index in [1.54, 1.807) is 0 Å². The topological polar surface area (TPSA) is 3.24 Å². The van der Waals surface area contributed by atoms with Crippen molar-refractivity contribution in [2.24, 2.45) is 5.92 Å². The summed E-state index contributed by atoms with van der Waals surface area (Å²) in [4.78, 5) is 2.34. The van der Waals surface area contributed by atoms with Crippen LogP contribution in [0.1, 0.15) is 47.0 Å². The smallest absolute Gasteiger partial charge is 0.0143 e. The zero-order chi connectivity index (χ0) is 10.1. The first-order chi connectivity index (χ1) is 6.24. The molecule has 1 atom stereocenters. The van der Waals surface area contributed by atoms with Gasteiger partial charge < -0.3 is 4.90 Å². The van der Waals surface area contributed by atoms with Gasteiger partial charge in [-0.15, -0.1) is 0 Å². The number of nitrogens with zero attached hydrogens (tertiary/aromatic N) is 1. The fourth-order valence-corrected chi connectivity index (χ4v) is 1.33. The highest BCUT2D eigenvalue weighted by Gasteiger charge is 1.96. The molecule has 1 nitrogen and oxygen atoms in total. The van der Waals surface area contributed by atoms with Gasteiger partial charge in [-0.25, -0.2) is 0 Å². The summed E-state index contributed by atoms with van der Waals surface area (Å²) in [5.41, 5.74) is 0. The van der Waals surface area contributed by atoms with Crippen LogP contribution in [-0.4, -0.2) is 18.0 Å². The first kappa shape index (κ1) is 12.5. The van der Waals surface area contributed by atoms with E-state index in [1.165, 1.54) is 19.3 Å². The Kier molecular flexibility index (Phi) is 7.86. The Balaban J connectivity index is 3.67. The van der Waals surface area contributed by atoms with Gasteiger partial charge in [0.1, 0.15) is 0 Å². The standard InChI is InChI=1S/C12H25N/c1-5-8-9-12(4)10-11-13(6-2)7-3/h10-12H,5-9H2,1-4H3/t12-/m1/s1. The van der Waals surface area contributed by atoms with Gasteiger partial charge in [0.25, 0.3) is 0 Å². The molecule has 0 spiro atoms. The molecule has 0 aliphatic heterocycles. The van der Waals surface area contributed by atoms with E-state index in [0.717, 1.165) is 19.0 Å². The Labute approximate surface area is 83.8 Å². The largest absolute Gasteiger partial charge is 0.378 e. The average Bonchev–Trinajstić information content (AvgIpc) is 2.16. The summed E-state index contributed by atoms with van der Waals surface area (Å²) in [6.07, 6.45) is 8.57. The molecule has 0 N–H and O–H groups in total. The molecule has 0 amide bonds. The Morgan fingerprint density at radius 2 is 1.77 bits per heavy atom. The van der Waals surface area contributed by atoms with Crippen molar-refractivity contribution < 1.29 is 0 Å². The second-order valence-corrected chi connectivity index (χ2v) is 3.68. The number of unbranched alkanes of at least 4 members (excludes halogenated alkanes) is 1. The lowest BCUT2D eigenvalue weighted by atomic mass is 10.0. The van der Waals surface area contributed by atoms with Crippen LogP contribution in [0.4, 0.5) is 0 Å². The summed E-state index contributed by atoms with van der Waals surface area (Å²) in [7, 11) is 0. The lowest BCUT2D eigenvalue weighted by Crippen LogP contribution is -2.15. The van der Waals surface area contributed by atoms with Crippen LogP contribution in [-0.2, 0) is 0 Å². The van der Waals surface area contributed by atoms with Crippen molar-refractivity contribution in [2.75, 3.05) is 13.1 Å². The molecule has 0 saturated heterocycles. The Bertz CT molecular complexity index is 125. The molecule has 0 rings (SSSR count). The maximum Gasteiger partial charge on any atom is 0.0143 e. The van der Waals surface area contributed by atoms with Gasteiger partial charge in [0.15, 0.2) is 0 Å². The molecule has 0 unspecified atom stereocenters. The third kappa shape index (κ3) is 6.68. The first-order valence-electron chi connectivity index (χ1n) is 5.66. The molecular formula is C12H25N. The molecular weight excluding hydrogens is 158 g/mol. The normalized spacial score (nSPS) is 13.5.